The van der Waals surface area contributed by atoms with Crippen LogP contribution in [0.25, 0.3) is 0 Å². The van der Waals surface area contributed by atoms with E-state index in [0.29, 0.717) is 5.69 Å². The molecule has 0 fully saturated rings. The van der Waals surface area contributed by atoms with Crippen molar-refractivity contribution in [2.75, 3.05) is 12.4 Å². The average molecular weight is 227 g/mol. The molecule has 0 bridgehead atoms. The first kappa shape index (κ1) is 12.4. The number of rotatable bonds is 5. The molecule has 1 rings (SSSR count). The monoisotopic (exact) mass is 227 g/mol. The summed E-state index contributed by atoms with van der Waals surface area (Å²) in [6.45, 7) is 0. The average Bonchev–Trinajstić information content (AvgIpc) is 2.26. The third-order valence-corrected chi connectivity index (χ3v) is 2.01. The van der Waals surface area contributed by atoms with E-state index < -0.39 is 18.0 Å². The Labute approximate surface area is 92.1 Å². The predicted molar refractivity (Wildman–Crippen MR) is 55.7 cm³/mol. The molecule has 0 spiro atoms. The summed E-state index contributed by atoms with van der Waals surface area (Å²) < 4.78 is 4.30. The predicted octanol–water partition coefficient (Wildman–Crippen LogP) is -0.164. The standard InChI is InChI=1S/C10H13NO5/c1-16-10(14,15)8(9(12)13)11-7-5-3-2-4-6-7/h2-6,8,11,14-15H,1H3,(H,12,13)/t8-/m1/s1. The molecule has 1 atom stereocenters. The number of nitrogens with one attached hydrogen (secondary N) is 1. The maximum absolute atomic E-state index is 10.8. The molecule has 88 valence electrons. The highest BCUT2D eigenvalue weighted by atomic mass is 16.8. The lowest BCUT2D eigenvalue weighted by Crippen LogP contribution is -2.53. The van der Waals surface area contributed by atoms with Gasteiger partial charge >= 0.3 is 11.9 Å². The van der Waals surface area contributed by atoms with Crippen molar-refractivity contribution in [1.82, 2.24) is 0 Å². The summed E-state index contributed by atoms with van der Waals surface area (Å²) >= 11 is 0. The number of aliphatic carboxylic acids is 1. The zero-order valence-electron chi connectivity index (χ0n) is 8.62. The number of carboxylic acid groups (broad SMARTS) is 1. The minimum Gasteiger partial charge on any atom is -0.479 e. The van der Waals surface area contributed by atoms with Crippen molar-refractivity contribution in [3.63, 3.8) is 0 Å². The fourth-order valence-corrected chi connectivity index (χ4v) is 1.14. The Balaban J connectivity index is 2.85. The van der Waals surface area contributed by atoms with Crippen LogP contribution in [0.4, 0.5) is 5.69 Å². The number of methoxy groups -OCH3 is 1. The van der Waals surface area contributed by atoms with Gasteiger partial charge in [-0.2, -0.15) is 0 Å². The third kappa shape index (κ3) is 2.93. The van der Waals surface area contributed by atoms with Crippen molar-refractivity contribution < 1.29 is 24.9 Å². The van der Waals surface area contributed by atoms with Crippen LogP contribution < -0.4 is 5.32 Å². The topological polar surface area (TPSA) is 99.0 Å². The number of hydrogen-bond acceptors (Lipinski definition) is 5. The second-order valence-corrected chi connectivity index (χ2v) is 3.14. The first-order chi connectivity index (χ1) is 7.47. The fourth-order valence-electron chi connectivity index (χ4n) is 1.14. The first-order valence-electron chi connectivity index (χ1n) is 4.51. The van der Waals surface area contributed by atoms with Crippen LogP contribution in [0.5, 0.6) is 0 Å². The first-order valence-corrected chi connectivity index (χ1v) is 4.51. The SMILES string of the molecule is COC(O)(O)[C@H](Nc1ccccc1)C(=O)O. The van der Waals surface area contributed by atoms with Crippen molar-refractivity contribution in [2.45, 2.75) is 12.0 Å². The normalized spacial score (nSPS) is 13.2. The van der Waals surface area contributed by atoms with E-state index in [1.54, 1.807) is 30.3 Å². The van der Waals surface area contributed by atoms with Gasteiger partial charge in [0.25, 0.3) is 0 Å². The van der Waals surface area contributed by atoms with E-state index in [4.69, 9.17) is 5.11 Å². The Kier molecular flexibility index (Phi) is 3.83. The van der Waals surface area contributed by atoms with Gasteiger partial charge in [0.1, 0.15) is 0 Å². The van der Waals surface area contributed by atoms with E-state index in [9.17, 15) is 15.0 Å². The molecule has 0 aliphatic rings. The van der Waals surface area contributed by atoms with E-state index in [1.165, 1.54) is 0 Å². The van der Waals surface area contributed by atoms with Gasteiger partial charge in [0.2, 0.25) is 6.04 Å². The summed E-state index contributed by atoms with van der Waals surface area (Å²) in [4.78, 5) is 10.8. The summed E-state index contributed by atoms with van der Waals surface area (Å²) in [7, 11) is 1.00. The second-order valence-electron chi connectivity index (χ2n) is 3.14. The molecule has 0 radical (unpaired) electrons. The van der Waals surface area contributed by atoms with E-state index in [2.05, 4.69) is 10.1 Å². The Bertz CT molecular complexity index is 351. The van der Waals surface area contributed by atoms with Gasteiger partial charge in [0.05, 0.1) is 0 Å². The maximum atomic E-state index is 10.8. The van der Waals surface area contributed by atoms with Crippen LogP contribution in [0.2, 0.25) is 0 Å². The van der Waals surface area contributed by atoms with Crippen LogP contribution in [0, 0.1) is 0 Å². The highest BCUT2D eigenvalue weighted by molar-refractivity contribution is 5.78. The van der Waals surface area contributed by atoms with E-state index >= 15 is 0 Å². The zero-order chi connectivity index (χ0) is 12.2. The van der Waals surface area contributed by atoms with Crippen molar-refractivity contribution in [3.05, 3.63) is 30.3 Å². The number of para-hydroxylation sites is 1. The third-order valence-electron chi connectivity index (χ3n) is 2.01. The zero-order valence-corrected chi connectivity index (χ0v) is 8.62. The highest BCUT2D eigenvalue weighted by Crippen LogP contribution is 2.15. The number of benzene rings is 1. The fraction of sp³-hybridized carbons (Fsp3) is 0.300. The van der Waals surface area contributed by atoms with E-state index in [-0.39, 0.29) is 0 Å². The largest absolute Gasteiger partial charge is 0.479 e. The Morgan fingerprint density at radius 1 is 1.38 bits per heavy atom. The molecule has 0 unspecified atom stereocenters. The Morgan fingerprint density at radius 2 is 1.94 bits per heavy atom. The Morgan fingerprint density at radius 3 is 2.38 bits per heavy atom. The molecule has 0 heterocycles. The molecule has 0 aromatic heterocycles. The smallest absolute Gasteiger partial charge is 0.334 e. The van der Waals surface area contributed by atoms with Gasteiger partial charge in [-0.1, -0.05) is 18.2 Å². The summed E-state index contributed by atoms with van der Waals surface area (Å²) in [5.74, 6) is -4.21. The lowest BCUT2D eigenvalue weighted by atomic mass is 10.2. The van der Waals surface area contributed by atoms with Crippen LogP contribution in [0.1, 0.15) is 0 Å². The molecule has 1 aromatic rings. The van der Waals surface area contributed by atoms with Crippen LogP contribution in [-0.4, -0.2) is 40.4 Å². The molecule has 0 saturated carbocycles. The molecular weight excluding hydrogens is 214 g/mol. The van der Waals surface area contributed by atoms with Crippen molar-refractivity contribution >= 4 is 11.7 Å². The Hall–Kier alpha value is -1.63. The van der Waals surface area contributed by atoms with Crippen LogP contribution >= 0.6 is 0 Å². The van der Waals surface area contributed by atoms with Gasteiger partial charge in [0.15, 0.2) is 0 Å². The van der Waals surface area contributed by atoms with Crippen LogP contribution in [0.3, 0.4) is 0 Å². The molecular formula is C10H13NO5. The highest BCUT2D eigenvalue weighted by Gasteiger charge is 2.40. The maximum Gasteiger partial charge on any atom is 0.334 e. The van der Waals surface area contributed by atoms with Crippen LogP contribution in [0.15, 0.2) is 30.3 Å². The number of anilines is 1. The molecule has 0 saturated heterocycles. The van der Waals surface area contributed by atoms with Crippen molar-refractivity contribution in [1.29, 1.82) is 0 Å². The molecule has 16 heavy (non-hydrogen) atoms. The minimum atomic E-state index is -2.78. The lowest BCUT2D eigenvalue weighted by Gasteiger charge is -2.27. The molecule has 4 N–H and O–H groups in total. The van der Waals surface area contributed by atoms with E-state index in [0.717, 1.165) is 7.11 Å². The molecule has 1 aromatic carbocycles. The molecule has 0 aliphatic heterocycles. The number of hydrogen-bond donors (Lipinski definition) is 4. The van der Waals surface area contributed by atoms with Gasteiger partial charge in [0, 0.05) is 12.8 Å². The van der Waals surface area contributed by atoms with Gasteiger partial charge in [-0.3, -0.25) is 0 Å². The summed E-state index contributed by atoms with van der Waals surface area (Å²) in [5.41, 5.74) is 0.444. The van der Waals surface area contributed by atoms with Gasteiger partial charge < -0.3 is 25.4 Å². The number of carboxylic acids is 1. The lowest BCUT2D eigenvalue weighted by molar-refractivity contribution is -0.330. The number of aliphatic hydroxyl groups is 2. The van der Waals surface area contributed by atoms with Crippen LogP contribution in [-0.2, 0) is 9.53 Å². The molecule has 6 heteroatoms. The summed E-state index contributed by atoms with van der Waals surface area (Å²) in [6, 6.07) is 6.64. The van der Waals surface area contributed by atoms with Gasteiger partial charge in [-0.25, -0.2) is 4.79 Å². The summed E-state index contributed by atoms with van der Waals surface area (Å²) in [5, 5.41) is 29.9. The number of ether oxygens (including phenoxy) is 1. The quantitative estimate of drug-likeness (QED) is 0.521. The van der Waals surface area contributed by atoms with Crippen molar-refractivity contribution in [3.8, 4) is 0 Å². The van der Waals surface area contributed by atoms with E-state index in [1.807, 2.05) is 0 Å². The molecule has 0 amide bonds. The molecule has 0 aliphatic carbocycles. The van der Waals surface area contributed by atoms with Gasteiger partial charge in [-0.05, 0) is 12.1 Å². The molecule has 6 nitrogen and oxygen atoms in total. The summed E-state index contributed by atoms with van der Waals surface area (Å²) in [6.07, 6.45) is 0. The van der Waals surface area contributed by atoms with Gasteiger partial charge in [-0.15, -0.1) is 0 Å². The van der Waals surface area contributed by atoms with Crippen molar-refractivity contribution in [2.24, 2.45) is 0 Å². The number of carbonyl (C=O) groups is 1. The minimum absolute atomic E-state index is 0.444. The second kappa shape index (κ2) is 4.93.